The summed E-state index contributed by atoms with van der Waals surface area (Å²) < 4.78 is 28.1. The first-order chi connectivity index (χ1) is 15.3. The van der Waals surface area contributed by atoms with Crippen molar-refractivity contribution in [3.8, 4) is 0 Å². The molecule has 10 nitrogen and oxygen atoms in total. The molecule has 0 radical (unpaired) electrons. The lowest BCUT2D eigenvalue weighted by molar-refractivity contribution is 0.102. The summed E-state index contributed by atoms with van der Waals surface area (Å²) in [6.07, 6.45) is 2.54. The summed E-state index contributed by atoms with van der Waals surface area (Å²) in [5.74, 6) is -0.734. The van der Waals surface area contributed by atoms with Crippen molar-refractivity contribution < 1.29 is 13.2 Å². The molecule has 0 spiro atoms. The molecule has 3 aromatic heterocycles. The van der Waals surface area contributed by atoms with Gasteiger partial charge in [-0.15, -0.1) is 22.7 Å². The fourth-order valence-corrected chi connectivity index (χ4v) is 5.22. The standard InChI is InChI=1S/C19H15N5O5S3/c25-16(15-10-21-19(27)24(17(15)26)11-13-2-1-8-30-13)22-12-3-5-14(6-4-12)32(28,29)23-18-20-7-9-31-18/h1-10H,11H2,(H,20,23)(H,21,27)(H,22,25). The molecule has 0 aliphatic rings. The molecule has 1 amide bonds. The molecule has 0 atom stereocenters. The lowest BCUT2D eigenvalue weighted by Crippen LogP contribution is -2.39. The van der Waals surface area contributed by atoms with E-state index in [0.717, 1.165) is 27.0 Å². The lowest BCUT2D eigenvalue weighted by Gasteiger charge is -2.09. The number of carbonyl (C=O) groups is 1. The lowest BCUT2D eigenvalue weighted by atomic mass is 10.2. The summed E-state index contributed by atoms with van der Waals surface area (Å²) >= 11 is 2.53. The zero-order valence-electron chi connectivity index (χ0n) is 16.1. The molecular formula is C19H15N5O5S3. The van der Waals surface area contributed by atoms with Crippen molar-refractivity contribution in [2.45, 2.75) is 11.4 Å². The molecule has 0 unspecified atom stereocenters. The molecule has 0 aliphatic heterocycles. The molecule has 164 valence electrons. The highest BCUT2D eigenvalue weighted by Gasteiger charge is 2.18. The third-order valence-corrected chi connectivity index (χ3v) is 7.31. The summed E-state index contributed by atoms with van der Waals surface area (Å²) in [6.45, 7) is 0.0472. The van der Waals surface area contributed by atoms with Crippen molar-refractivity contribution in [1.29, 1.82) is 0 Å². The van der Waals surface area contributed by atoms with Crippen LogP contribution in [0.3, 0.4) is 0 Å². The number of amides is 1. The number of carbonyl (C=O) groups excluding carboxylic acids is 1. The van der Waals surface area contributed by atoms with Gasteiger partial charge in [-0.1, -0.05) is 6.07 Å². The highest BCUT2D eigenvalue weighted by Crippen LogP contribution is 2.19. The largest absolute Gasteiger partial charge is 0.328 e. The van der Waals surface area contributed by atoms with E-state index in [-0.39, 0.29) is 27.8 Å². The smallest absolute Gasteiger partial charge is 0.322 e. The van der Waals surface area contributed by atoms with Crippen molar-refractivity contribution >= 4 is 49.4 Å². The number of rotatable bonds is 7. The van der Waals surface area contributed by atoms with E-state index in [0.29, 0.717) is 0 Å². The Balaban J connectivity index is 1.52. The topological polar surface area (TPSA) is 143 Å². The Morgan fingerprint density at radius 3 is 2.53 bits per heavy atom. The normalized spacial score (nSPS) is 11.2. The first kappa shape index (κ1) is 21.7. The monoisotopic (exact) mass is 489 g/mol. The summed E-state index contributed by atoms with van der Waals surface area (Å²) in [5, 5.41) is 6.23. The zero-order chi connectivity index (χ0) is 22.7. The van der Waals surface area contributed by atoms with E-state index in [9.17, 15) is 22.8 Å². The molecule has 3 N–H and O–H groups in total. The summed E-state index contributed by atoms with van der Waals surface area (Å²) in [5.41, 5.74) is -1.32. The second kappa shape index (κ2) is 8.90. The maximum absolute atomic E-state index is 12.7. The molecule has 0 fully saturated rings. The summed E-state index contributed by atoms with van der Waals surface area (Å²) in [7, 11) is -3.83. The third kappa shape index (κ3) is 4.69. The van der Waals surface area contributed by atoms with E-state index < -0.39 is 27.2 Å². The minimum Gasteiger partial charge on any atom is -0.322 e. The number of thiazole rings is 1. The van der Waals surface area contributed by atoms with Gasteiger partial charge in [0.05, 0.1) is 11.4 Å². The van der Waals surface area contributed by atoms with E-state index in [4.69, 9.17) is 0 Å². The van der Waals surface area contributed by atoms with Gasteiger partial charge in [-0.3, -0.25) is 18.9 Å². The van der Waals surface area contributed by atoms with Crippen molar-refractivity contribution in [2.24, 2.45) is 0 Å². The van der Waals surface area contributed by atoms with Gasteiger partial charge in [0.15, 0.2) is 5.13 Å². The number of nitrogens with one attached hydrogen (secondary N) is 3. The molecule has 0 saturated carbocycles. The van der Waals surface area contributed by atoms with Crippen LogP contribution in [0.4, 0.5) is 10.8 Å². The Labute approximate surface area is 189 Å². The van der Waals surface area contributed by atoms with Crippen LogP contribution in [0.25, 0.3) is 0 Å². The molecule has 32 heavy (non-hydrogen) atoms. The Hall–Kier alpha value is -3.55. The van der Waals surface area contributed by atoms with E-state index in [2.05, 4.69) is 20.0 Å². The second-order valence-electron chi connectivity index (χ2n) is 6.40. The summed E-state index contributed by atoms with van der Waals surface area (Å²) in [6, 6.07) is 8.99. The molecule has 0 aliphatic carbocycles. The van der Waals surface area contributed by atoms with Crippen molar-refractivity contribution in [2.75, 3.05) is 10.0 Å². The minimum atomic E-state index is -3.83. The van der Waals surface area contributed by atoms with Crippen LogP contribution in [0.5, 0.6) is 0 Å². The fourth-order valence-electron chi connectivity index (χ4n) is 2.74. The van der Waals surface area contributed by atoms with Gasteiger partial charge < -0.3 is 10.3 Å². The molecular weight excluding hydrogens is 474 g/mol. The highest BCUT2D eigenvalue weighted by molar-refractivity contribution is 7.93. The first-order valence-corrected chi connectivity index (χ1v) is 12.3. The SMILES string of the molecule is O=C(Nc1ccc(S(=O)(=O)Nc2nccs2)cc1)c1c[nH]c(=O)n(Cc2cccs2)c1=O. The summed E-state index contributed by atoms with van der Waals surface area (Å²) in [4.78, 5) is 44.4. The van der Waals surface area contributed by atoms with E-state index >= 15 is 0 Å². The average molecular weight is 490 g/mol. The maximum atomic E-state index is 12.7. The molecule has 4 rings (SSSR count). The number of benzene rings is 1. The number of nitrogens with zero attached hydrogens (tertiary/aromatic N) is 2. The first-order valence-electron chi connectivity index (χ1n) is 9.02. The van der Waals surface area contributed by atoms with Crippen LogP contribution in [0.15, 0.2) is 74.0 Å². The minimum absolute atomic E-state index is 0.0203. The number of anilines is 2. The number of H-pyrrole nitrogens is 1. The van der Waals surface area contributed by atoms with Crippen LogP contribution in [-0.2, 0) is 16.6 Å². The number of aromatic amines is 1. The quantitative estimate of drug-likeness (QED) is 0.363. The Morgan fingerprint density at radius 1 is 1.09 bits per heavy atom. The van der Waals surface area contributed by atoms with Crippen LogP contribution >= 0.6 is 22.7 Å². The van der Waals surface area contributed by atoms with Gasteiger partial charge in [0.2, 0.25) is 0 Å². The predicted octanol–water partition coefficient (Wildman–Crippen LogP) is 2.16. The van der Waals surface area contributed by atoms with Crippen LogP contribution in [-0.4, -0.2) is 28.9 Å². The van der Waals surface area contributed by atoms with E-state index in [1.54, 1.807) is 17.5 Å². The number of hydrogen-bond donors (Lipinski definition) is 3. The Kier molecular flexibility index (Phi) is 6.03. The number of thiophene rings is 1. The van der Waals surface area contributed by atoms with Gasteiger partial charge in [-0.2, -0.15) is 0 Å². The Bertz CT molecular complexity index is 1460. The fraction of sp³-hybridized carbons (Fsp3) is 0.0526. The molecule has 4 aromatic rings. The predicted molar refractivity (Wildman–Crippen MR) is 122 cm³/mol. The second-order valence-corrected chi connectivity index (χ2v) is 10.0. The van der Waals surface area contributed by atoms with Gasteiger partial charge in [0, 0.05) is 28.3 Å². The van der Waals surface area contributed by atoms with Crippen molar-refractivity contribution in [3.63, 3.8) is 0 Å². The molecule has 1 aromatic carbocycles. The van der Waals surface area contributed by atoms with Gasteiger partial charge in [0.1, 0.15) is 5.56 Å². The van der Waals surface area contributed by atoms with Gasteiger partial charge in [0.25, 0.3) is 21.5 Å². The van der Waals surface area contributed by atoms with Gasteiger partial charge >= 0.3 is 5.69 Å². The van der Waals surface area contributed by atoms with Crippen LogP contribution in [0, 0.1) is 0 Å². The molecule has 13 heteroatoms. The maximum Gasteiger partial charge on any atom is 0.328 e. The highest BCUT2D eigenvalue weighted by atomic mass is 32.2. The van der Waals surface area contributed by atoms with Crippen molar-refractivity contribution in [3.05, 3.63) is 90.8 Å². The number of sulfonamides is 1. The van der Waals surface area contributed by atoms with Crippen molar-refractivity contribution in [1.82, 2.24) is 14.5 Å². The number of hydrogen-bond acceptors (Lipinski definition) is 8. The molecule has 0 bridgehead atoms. The third-order valence-electron chi connectivity index (χ3n) is 4.28. The van der Waals surface area contributed by atoms with E-state index in [1.165, 1.54) is 41.8 Å². The van der Waals surface area contributed by atoms with Gasteiger partial charge in [-0.05, 0) is 35.7 Å². The number of aromatic nitrogens is 3. The molecule has 0 saturated heterocycles. The average Bonchev–Trinajstić information content (AvgIpc) is 3.45. The van der Waals surface area contributed by atoms with Gasteiger partial charge in [-0.25, -0.2) is 18.2 Å². The zero-order valence-corrected chi connectivity index (χ0v) is 18.6. The van der Waals surface area contributed by atoms with Crippen LogP contribution < -0.4 is 21.3 Å². The van der Waals surface area contributed by atoms with Crippen LogP contribution in [0.1, 0.15) is 15.2 Å². The Morgan fingerprint density at radius 2 is 1.88 bits per heavy atom. The van der Waals surface area contributed by atoms with E-state index in [1.807, 2.05) is 5.38 Å². The molecule has 3 heterocycles. The van der Waals surface area contributed by atoms with Crippen LogP contribution in [0.2, 0.25) is 0 Å².